The van der Waals surface area contributed by atoms with Crippen LogP contribution in [0.3, 0.4) is 0 Å². The van der Waals surface area contributed by atoms with Crippen LogP contribution in [0.2, 0.25) is 0 Å². The summed E-state index contributed by atoms with van der Waals surface area (Å²) in [7, 11) is 1.93. The Labute approximate surface area is 87.9 Å². The summed E-state index contributed by atoms with van der Waals surface area (Å²) < 4.78 is 2.70. The van der Waals surface area contributed by atoms with Gasteiger partial charge in [-0.05, 0) is 6.07 Å². The van der Waals surface area contributed by atoms with E-state index in [0.717, 1.165) is 16.0 Å². The third kappa shape index (κ3) is 1.59. The minimum atomic E-state index is 0.791. The minimum absolute atomic E-state index is 0.791. The maximum absolute atomic E-state index is 5.16. The minimum Gasteiger partial charge on any atom is -0.320 e. The highest BCUT2D eigenvalue weighted by atomic mass is 32.1. The summed E-state index contributed by atoms with van der Waals surface area (Å²) in [6, 6.07) is 11.8. The standard InChI is InChI=1S/C11H10N2S/c1-13-10(14)7-8-12-11(13)9-5-3-2-4-6-9/h2-8H,1H3. The molecule has 0 spiro atoms. The fourth-order valence-electron chi connectivity index (χ4n) is 1.33. The lowest BCUT2D eigenvalue weighted by molar-refractivity contribution is 0.862. The van der Waals surface area contributed by atoms with Crippen molar-refractivity contribution >= 4 is 12.2 Å². The van der Waals surface area contributed by atoms with Gasteiger partial charge >= 0.3 is 0 Å². The molecule has 0 amide bonds. The normalized spacial score (nSPS) is 10.1. The van der Waals surface area contributed by atoms with E-state index in [9.17, 15) is 0 Å². The van der Waals surface area contributed by atoms with E-state index in [1.807, 2.05) is 48.0 Å². The third-order valence-corrected chi connectivity index (χ3v) is 2.50. The maximum Gasteiger partial charge on any atom is 0.140 e. The number of benzene rings is 1. The summed E-state index contributed by atoms with van der Waals surface area (Å²) in [5.41, 5.74) is 1.08. The van der Waals surface area contributed by atoms with Crippen LogP contribution in [0.15, 0.2) is 42.6 Å². The van der Waals surface area contributed by atoms with E-state index in [1.165, 1.54) is 0 Å². The van der Waals surface area contributed by atoms with Crippen molar-refractivity contribution in [1.29, 1.82) is 0 Å². The summed E-state index contributed by atoms with van der Waals surface area (Å²) >= 11 is 5.16. The summed E-state index contributed by atoms with van der Waals surface area (Å²) in [4.78, 5) is 4.31. The first kappa shape index (κ1) is 9.09. The quantitative estimate of drug-likeness (QED) is 0.662. The number of hydrogen-bond donors (Lipinski definition) is 0. The van der Waals surface area contributed by atoms with Crippen molar-refractivity contribution in [1.82, 2.24) is 9.55 Å². The molecule has 0 radical (unpaired) electrons. The molecule has 0 aliphatic heterocycles. The highest BCUT2D eigenvalue weighted by Crippen LogP contribution is 2.14. The van der Waals surface area contributed by atoms with Gasteiger partial charge in [0.2, 0.25) is 0 Å². The highest BCUT2D eigenvalue weighted by molar-refractivity contribution is 7.71. The van der Waals surface area contributed by atoms with Crippen LogP contribution >= 0.6 is 12.2 Å². The molecule has 1 aromatic carbocycles. The third-order valence-electron chi connectivity index (χ3n) is 2.09. The summed E-state index contributed by atoms with van der Waals surface area (Å²) in [5.74, 6) is 0.901. The lowest BCUT2D eigenvalue weighted by Gasteiger charge is -2.06. The Morgan fingerprint density at radius 3 is 2.57 bits per heavy atom. The Bertz CT molecular complexity index is 488. The van der Waals surface area contributed by atoms with Gasteiger partial charge in [0.05, 0.1) is 0 Å². The molecule has 0 saturated heterocycles. The average Bonchev–Trinajstić information content (AvgIpc) is 2.23. The summed E-state index contributed by atoms with van der Waals surface area (Å²) in [5, 5.41) is 0. The van der Waals surface area contributed by atoms with E-state index in [4.69, 9.17) is 12.2 Å². The first-order valence-electron chi connectivity index (χ1n) is 4.36. The van der Waals surface area contributed by atoms with Gasteiger partial charge < -0.3 is 4.57 Å². The molecular formula is C11H10N2S. The Morgan fingerprint density at radius 1 is 1.14 bits per heavy atom. The molecule has 2 rings (SSSR count). The monoisotopic (exact) mass is 202 g/mol. The van der Waals surface area contributed by atoms with Gasteiger partial charge in [-0.3, -0.25) is 0 Å². The predicted molar refractivity (Wildman–Crippen MR) is 59.5 cm³/mol. The number of rotatable bonds is 1. The van der Waals surface area contributed by atoms with Crippen molar-refractivity contribution in [3.05, 3.63) is 47.2 Å². The van der Waals surface area contributed by atoms with Crippen molar-refractivity contribution < 1.29 is 0 Å². The van der Waals surface area contributed by atoms with Crippen LogP contribution in [0.5, 0.6) is 0 Å². The van der Waals surface area contributed by atoms with Crippen LogP contribution < -0.4 is 0 Å². The first-order valence-corrected chi connectivity index (χ1v) is 4.77. The Kier molecular flexibility index (Phi) is 2.41. The molecule has 2 aromatic rings. The number of aromatic nitrogens is 2. The zero-order valence-electron chi connectivity index (χ0n) is 7.84. The molecular weight excluding hydrogens is 192 g/mol. The number of nitrogens with zero attached hydrogens (tertiary/aromatic N) is 2. The van der Waals surface area contributed by atoms with Crippen LogP contribution in [0.25, 0.3) is 11.4 Å². The zero-order chi connectivity index (χ0) is 9.97. The van der Waals surface area contributed by atoms with Gasteiger partial charge in [0, 0.05) is 18.8 Å². The molecule has 0 aliphatic rings. The van der Waals surface area contributed by atoms with E-state index in [1.54, 1.807) is 6.20 Å². The first-order chi connectivity index (χ1) is 6.79. The molecule has 0 saturated carbocycles. The molecule has 2 nitrogen and oxygen atoms in total. The van der Waals surface area contributed by atoms with Crippen LogP contribution in [0.1, 0.15) is 0 Å². The molecule has 0 unspecified atom stereocenters. The highest BCUT2D eigenvalue weighted by Gasteiger charge is 2.00. The van der Waals surface area contributed by atoms with Gasteiger partial charge in [-0.2, -0.15) is 0 Å². The predicted octanol–water partition coefficient (Wildman–Crippen LogP) is 2.82. The number of hydrogen-bond acceptors (Lipinski definition) is 2. The van der Waals surface area contributed by atoms with Crippen LogP contribution in [0, 0.1) is 4.64 Å². The molecule has 0 fully saturated rings. The molecule has 0 bridgehead atoms. The van der Waals surface area contributed by atoms with Gasteiger partial charge in [0.15, 0.2) is 0 Å². The second kappa shape index (κ2) is 3.72. The van der Waals surface area contributed by atoms with Gasteiger partial charge in [-0.25, -0.2) is 4.98 Å². The second-order valence-corrected chi connectivity index (χ2v) is 3.45. The van der Waals surface area contributed by atoms with Crippen LogP contribution in [-0.4, -0.2) is 9.55 Å². The fourth-order valence-corrected chi connectivity index (χ4v) is 1.48. The SMILES string of the molecule is Cn1c(-c2ccccc2)nccc1=S. The summed E-state index contributed by atoms with van der Waals surface area (Å²) in [6.07, 6.45) is 1.74. The molecule has 0 atom stereocenters. The summed E-state index contributed by atoms with van der Waals surface area (Å²) in [6.45, 7) is 0. The smallest absolute Gasteiger partial charge is 0.140 e. The van der Waals surface area contributed by atoms with E-state index in [-0.39, 0.29) is 0 Å². The largest absolute Gasteiger partial charge is 0.320 e. The second-order valence-electron chi connectivity index (χ2n) is 3.03. The Morgan fingerprint density at radius 2 is 1.86 bits per heavy atom. The van der Waals surface area contributed by atoms with Crippen LogP contribution in [-0.2, 0) is 7.05 Å². The fraction of sp³-hybridized carbons (Fsp3) is 0.0909. The van der Waals surface area contributed by atoms with E-state index in [2.05, 4.69) is 4.98 Å². The Balaban J connectivity index is 2.64. The molecule has 1 aromatic heterocycles. The molecule has 3 heteroatoms. The van der Waals surface area contributed by atoms with E-state index in [0.29, 0.717) is 0 Å². The van der Waals surface area contributed by atoms with Gasteiger partial charge in [-0.1, -0.05) is 42.5 Å². The molecule has 70 valence electrons. The van der Waals surface area contributed by atoms with Gasteiger partial charge in [0.1, 0.15) is 10.5 Å². The van der Waals surface area contributed by atoms with Gasteiger partial charge in [-0.15, -0.1) is 0 Å². The lowest BCUT2D eigenvalue weighted by atomic mass is 10.2. The Hall–Kier alpha value is -1.48. The van der Waals surface area contributed by atoms with Crippen LogP contribution in [0.4, 0.5) is 0 Å². The van der Waals surface area contributed by atoms with Crippen molar-refractivity contribution in [2.45, 2.75) is 0 Å². The molecule has 14 heavy (non-hydrogen) atoms. The van der Waals surface area contributed by atoms with Crippen molar-refractivity contribution in [2.75, 3.05) is 0 Å². The molecule has 0 N–H and O–H groups in total. The topological polar surface area (TPSA) is 17.8 Å². The van der Waals surface area contributed by atoms with Crippen molar-refractivity contribution in [3.63, 3.8) is 0 Å². The lowest BCUT2D eigenvalue weighted by Crippen LogP contribution is -1.99. The van der Waals surface area contributed by atoms with Crippen molar-refractivity contribution in [2.24, 2.45) is 7.05 Å². The van der Waals surface area contributed by atoms with E-state index < -0.39 is 0 Å². The van der Waals surface area contributed by atoms with Crippen molar-refractivity contribution in [3.8, 4) is 11.4 Å². The van der Waals surface area contributed by atoms with Gasteiger partial charge in [0.25, 0.3) is 0 Å². The average molecular weight is 202 g/mol. The molecule has 1 heterocycles. The maximum atomic E-state index is 5.16. The molecule has 0 aliphatic carbocycles. The van der Waals surface area contributed by atoms with E-state index >= 15 is 0 Å². The zero-order valence-corrected chi connectivity index (χ0v) is 8.66.